The van der Waals surface area contributed by atoms with Crippen molar-refractivity contribution >= 4 is 5.91 Å². The van der Waals surface area contributed by atoms with Crippen molar-refractivity contribution in [3.05, 3.63) is 35.9 Å². The number of nitrogens with two attached hydrogens (primary N) is 1. The van der Waals surface area contributed by atoms with Crippen LogP contribution < -0.4 is 5.73 Å². The number of benzene rings is 1. The van der Waals surface area contributed by atoms with E-state index in [-0.39, 0.29) is 0 Å². The summed E-state index contributed by atoms with van der Waals surface area (Å²) in [6.45, 7) is 2.93. The van der Waals surface area contributed by atoms with E-state index in [1.165, 1.54) is 12.7 Å². The van der Waals surface area contributed by atoms with E-state index in [9.17, 15) is 4.79 Å². The Morgan fingerprint density at radius 1 is 1.41 bits per heavy atom. The number of hydrogen-bond acceptors (Lipinski definition) is 3. The Morgan fingerprint density at radius 3 is 2.47 bits per heavy atom. The van der Waals surface area contributed by atoms with Gasteiger partial charge in [-0.2, -0.15) is 0 Å². The average Bonchev–Trinajstić information content (AvgIpc) is 2.29. The number of rotatable bonds is 6. The standard InChI is InChI=1S/C13H20N2O2/c1-13(17-3,12(14)16)10-15(2)9-11-7-5-4-6-8-11/h4-8H,9-10H2,1-3H3,(H2,14,16). The molecule has 0 saturated carbocycles. The highest BCUT2D eigenvalue weighted by Gasteiger charge is 2.32. The second-order valence-corrected chi connectivity index (χ2v) is 4.46. The number of carbonyl (C=O) groups excluding carboxylic acids is 1. The van der Waals surface area contributed by atoms with Crippen molar-refractivity contribution in [3.63, 3.8) is 0 Å². The van der Waals surface area contributed by atoms with Crippen molar-refractivity contribution in [1.82, 2.24) is 4.90 Å². The molecular formula is C13H20N2O2. The van der Waals surface area contributed by atoms with E-state index in [4.69, 9.17) is 10.5 Å². The molecule has 0 fully saturated rings. The minimum Gasteiger partial charge on any atom is -0.367 e. The first-order chi connectivity index (χ1) is 7.98. The molecule has 0 spiro atoms. The van der Waals surface area contributed by atoms with E-state index >= 15 is 0 Å². The molecule has 4 nitrogen and oxygen atoms in total. The summed E-state index contributed by atoms with van der Waals surface area (Å²) in [5.74, 6) is -0.445. The summed E-state index contributed by atoms with van der Waals surface area (Å²) in [4.78, 5) is 13.3. The molecular weight excluding hydrogens is 216 g/mol. The third kappa shape index (κ3) is 3.84. The number of ether oxygens (including phenoxy) is 1. The van der Waals surface area contributed by atoms with Crippen LogP contribution in [0.2, 0.25) is 0 Å². The van der Waals surface area contributed by atoms with Gasteiger partial charge in [-0.25, -0.2) is 0 Å². The van der Waals surface area contributed by atoms with Crippen LogP contribution in [0, 0.1) is 0 Å². The van der Waals surface area contributed by atoms with Crippen molar-refractivity contribution in [2.45, 2.75) is 19.1 Å². The van der Waals surface area contributed by atoms with Gasteiger partial charge in [0.05, 0.1) is 0 Å². The van der Waals surface area contributed by atoms with Gasteiger partial charge in [0.1, 0.15) is 0 Å². The average molecular weight is 236 g/mol. The molecule has 0 radical (unpaired) electrons. The summed E-state index contributed by atoms with van der Waals surface area (Å²) in [5.41, 5.74) is 5.58. The van der Waals surface area contributed by atoms with Crippen LogP contribution in [0.15, 0.2) is 30.3 Å². The van der Waals surface area contributed by atoms with E-state index in [1.807, 2.05) is 42.3 Å². The molecule has 17 heavy (non-hydrogen) atoms. The topological polar surface area (TPSA) is 55.6 Å². The second-order valence-electron chi connectivity index (χ2n) is 4.46. The fraction of sp³-hybridized carbons (Fsp3) is 0.462. The van der Waals surface area contributed by atoms with Gasteiger partial charge < -0.3 is 10.5 Å². The predicted octanol–water partition coefficient (Wildman–Crippen LogP) is 1.01. The number of hydrogen-bond donors (Lipinski definition) is 1. The highest BCUT2D eigenvalue weighted by atomic mass is 16.5. The van der Waals surface area contributed by atoms with Gasteiger partial charge in [0, 0.05) is 20.2 Å². The first-order valence-electron chi connectivity index (χ1n) is 5.55. The lowest BCUT2D eigenvalue weighted by molar-refractivity contribution is -0.140. The summed E-state index contributed by atoms with van der Waals surface area (Å²) in [6, 6.07) is 10.1. The van der Waals surface area contributed by atoms with Gasteiger partial charge in [-0.05, 0) is 19.5 Å². The van der Waals surface area contributed by atoms with E-state index in [1.54, 1.807) is 6.92 Å². The van der Waals surface area contributed by atoms with Crippen LogP contribution in [0.3, 0.4) is 0 Å². The maximum atomic E-state index is 11.3. The normalized spacial score (nSPS) is 14.6. The minimum atomic E-state index is -0.941. The molecule has 0 aromatic heterocycles. The van der Waals surface area contributed by atoms with Crippen LogP contribution in [0.25, 0.3) is 0 Å². The molecule has 2 N–H and O–H groups in total. The third-order valence-corrected chi connectivity index (χ3v) is 2.84. The molecule has 1 rings (SSSR count). The summed E-state index contributed by atoms with van der Waals surface area (Å²) < 4.78 is 5.19. The first kappa shape index (κ1) is 13.7. The Bertz CT molecular complexity index is 367. The van der Waals surface area contributed by atoms with E-state index < -0.39 is 11.5 Å². The number of primary amides is 1. The molecule has 1 aromatic rings. The van der Waals surface area contributed by atoms with Crippen molar-refractivity contribution in [3.8, 4) is 0 Å². The number of nitrogens with zero attached hydrogens (tertiary/aromatic N) is 1. The van der Waals surface area contributed by atoms with Crippen molar-refractivity contribution < 1.29 is 9.53 Å². The van der Waals surface area contributed by atoms with Gasteiger partial charge in [0.2, 0.25) is 0 Å². The Kier molecular flexibility index (Phi) is 4.66. The molecule has 0 aliphatic rings. The Balaban J connectivity index is 2.60. The summed E-state index contributed by atoms with van der Waals surface area (Å²) in [6.07, 6.45) is 0. The molecule has 0 bridgehead atoms. The van der Waals surface area contributed by atoms with Crippen molar-refractivity contribution in [2.75, 3.05) is 20.7 Å². The zero-order valence-electron chi connectivity index (χ0n) is 10.6. The quantitative estimate of drug-likeness (QED) is 0.802. The van der Waals surface area contributed by atoms with Crippen LogP contribution in [-0.2, 0) is 16.1 Å². The van der Waals surface area contributed by atoms with Crippen LogP contribution in [-0.4, -0.2) is 37.1 Å². The number of methoxy groups -OCH3 is 1. The van der Waals surface area contributed by atoms with Crippen LogP contribution in [0.5, 0.6) is 0 Å². The van der Waals surface area contributed by atoms with Gasteiger partial charge in [-0.1, -0.05) is 30.3 Å². The fourth-order valence-electron chi connectivity index (χ4n) is 1.71. The second kappa shape index (κ2) is 5.80. The Morgan fingerprint density at radius 2 is 2.00 bits per heavy atom. The molecule has 1 atom stereocenters. The Labute approximate surface area is 102 Å². The van der Waals surface area contributed by atoms with Crippen molar-refractivity contribution in [2.24, 2.45) is 5.73 Å². The highest BCUT2D eigenvalue weighted by molar-refractivity contribution is 5.83. The zero-order valence-corrected chi connectivity index (χ0v) is 10.6. The molecule has 94 valence electrons. The lowest BCUT2D eigenvalue weighted by Gasteiger charge is -2.29. The van der Waals surface area contributed by atoms with Gasteiger partial charge in [0.15, 0.2) is 5.60 Å². The number of amides is 1. The maximum Gasteiger partial charge on any atom is 0.250 e. The first-order valence-corrected chi connectivity index (χ1v) is 5.55. The highest BCUT2D eigenvalue weighted by Crippen LogP contribution is 2.12. The monoisotopic (exact) mass is 236 g/mol. The van der Waals surface area contributed by atoms with Crippen LogP contribution in [0.4, 0.5) is 0 Å². The van der Waals surface area contributed by atoms with Crippen molar-refractivity contribution in [1.29, 1.82) is 0 Å². The Hall–Kier alpha value is -1.39. The molecule has 1 aromatic carbocycles. The van der Waals surface area contributed by atoms with Gasteiger partial charge >= 0.3 is 0 Å². The molecule has 0 aliphatic carbocycles. The van der Waals surface area contributed by atoms with Gasteiger partial charge in [-0.3, -0.25) is 9.69 Å². The molecule has 0 heterocycles. The molecule has 1 unspecified atom stereocenters. The largest absolute Gasteiger partial charge is 0.367 e. The summed E-state index contributed by atoms with van der Waals surface area (Å²) >= 11 is 0. The van der Waals surface area contributed by atoms with Gasteiger partial charge in [-0.15, -0.1) is 0 Å². The predicted molar refractivity (Wildman–Crippen MR) is 67.4 cm³/mol. The minimum absolute atomic E-state index is 0.445. The van der Waals surface area contributed by atoms with E-state index in [0.29, 0.717) is 6.54 Å². The zero-order chi connectivity index (χ0) is 12.9. The lowest BCUT2D eigenvalue weighted by atomic mass is 10.1. The van der Waals surface area contributed by atoms with Gasteiger partial charge in [0.25, 0.3) is 5.91 Å². The summed E-state index contributed by atoms with van der Waals surface area (Å²) in [5, 5.41) is 0. The maximum absolute atomic E-state index is 11.3. The molecule has 4 heteroatoms. The molecule has 0 aliphatic heterocycles. The SMILES string of the molecule is COC(C)(CN(C)Cc1ccccc1)C(N)=O. The summed E-state index contributed by atoms with van der Waals surface area (Å²) in [7, 11) is 3.44. The van der Waals surface area contributed by atoms with Crippen LogP contribution in [0.1, 0.15) is 12.5 Å². The number of likely N-dealkylation sites (N-methyl/N-ethyl adjacent to an activating group) is 1. The molecule has 1 amide bonds. The molecule has 0 saturated heterocycles. The van der Waals surface area contributed by atoms with Crippen LogP contribution >= 0.6 is 0 Å². The smallest absolute Gasteiger partial charge is 0.250 e. The lowest BCUT2D eigenvalue weighted by Crippen LogP contribution is -2.50. The number of carbonyl (C=O) groups is 1. The fourth-order valence-corrected chi connectivity index (χ4v) is 1.71. The van der Waals surface area contributed by atoms with E-state index in [2.05, 4.69) is 0 Å². The van der Waals surface area contributed by atoms with E-state index in [0.717, 1.165) is 6.54 Å². The third-order valence-electron chi connectivity index (χ3n) is 2.84.